The lowest BCUT2D eigenvalue weighted by molar-refractivity contribution is -0.144. The fourth-order valence-corrected chi connectivity index (χ4v) is 3.07. The Labute approximate surface area is 156 Å². The molecule has 2 rings (SSSR count). The first-order valence-corrected chi connectivity index (χ1v) is 8.95. The monoisotopic (exact) mass is 375 g/mol. The fourth-order valence-electron chi connectivity index (χ4n) is 3.07. The molecule has 0 aliphatic rings. The number of nitrogens with zero attached hydrogens (tertiary/aromatic N) is 1. The summed E-state index contributed by atoms with van der Waals surface area (Å²) < 4.78 is 0.873. The SMILES string of the molecule is CC[C@H](C)[C@H](NC(=O)[C@@H](C(C)C)n1c(=O)[nH]c2ccccc2c1=O)C(=O)O. The van der Waals surface area contributed by atoms with Gasteiger partial charge in [0.25, 0.3) is 5.56 Å². The second-order valence-corrected chi connectivity index (χ2v) is 7.05. The van der Waals surface area contributed by atoms with Crippen molar-refractivity contribution in [2.75, 3.05) is 0 Å². The number of nitrogens with one attached hydrogen (secondary N) is 2. The number of H-pyrrole nitrogens is 1. The van der Waals surface area contributed by atoms with Gasteiger partial charge in [-0.3, -0.25) is 9.59 Å². The first-order chi connectivity index (χ1) is 12.7. The summed E-state index contributed by atoms with van der Waals surface area (Å²) >= 11 is 0. The van der Waals surface area contributed by atoms with Crippen molar-refractivity contribution in [3.8, 4) is 0 Å². The molecule has 1 heterocycles. The van der Waals surface area contributed by atoms with E-state index in [0.717, 1.165) is 4.57 Å². The smallest absolute Gasteiger partial charge is 0.329 e. The van der Waals surface area contributed by atoms with E-state index in [0.29, 0.717) is 11.9 Å². The standard InChI is InChI=1S/C19H25N3O5/c1-5-11(4)14(18(25)26)21-16(23)15(10(2)3)22-17(24)12-8-6-7-9-13(12)20-19(22)27/h6-11,14-15H,5H2,1-4H3,(H,20,27)(H,21,23)(H,25,26)/t11-,14-,15+/m0/s1. The van der Waals surface area contributed by atoms with Crippen molar-refractivity contribution in [2.45, 2.75) is 46.2 Å². The lowest BCUT2D eigenvalue weighted by Crippen LogP contribution is -2.52. The van der Waals surface area contributed by atoms with Crippen LogP contribution in [0.3, 0.4) is 0 Å². The second kappa shape index (κ2) is 8.20. The van der Waals surface area contributed by atoms with Gasteiger partial charge in [0.1, 0.15) is 12.1 Å². The molecule has 8 heteroatoms. The summed E-state index contributed by atoms with van der Waals surface area (Å²) in [5.41, 5.74) is -0.906. The highest BCUT2D eigenvalue weighted by atomic mass is 16.4. The maximum absolute atomic E-state index is 12.9. The summed E-state index contributed by atoms with van der Waals surface area (Å²) in [4.78, 5) is 52.4. The van der Waals surface area contributed by atoms with Gasteiger partial charge >= 0.3 is 11.7 Å². The zero-order valence-corrected chi connectivity index (χ0v) is 15.9. The van der Waals surface area contributed by atoms with E-state index in [9.17, 15) is 24.3 Å². The number of carboxylic acids is 1. The van der Waals surface area contributed by atoms with Gasteiger partial charge in [-0.1, -0.05) is 46.2 Å². The summed E-state index contributed by atoms with van der Waals surface area (Å²) in [6, 6.07) is 4.31. The Kier molecular flexibility index (Phi) is 6.20. The molecule has 0 saturated heterocycles. The maximum Gasteiger partial charge on any atom is 0.329 e. The van der Waals surface area contributed by atoms with Gasteiger partial charge in [0.05, 0.1) is 10.9 Å². The molecule has 3 N–H and O–H groups in total. The second-order valence-electron chi connectivity index (χ2n) is 7.05. The van der Waals surface area contributed by atoms with Gasteiger partial charge in [-0.05, 0) is 24.0 Å². The number of aromatic nitrogens is 2. The topological polar surface area (TPSA) is 121 Å². The molecule has 0 spiro atoms. The van der Waals surface area contributed by atoms with Crippen LogP contribution in [0.15, 0.2) is 33.9 Å². The number of benzene rings is 1. The third-order valence-corrected chi connectivity index (χ3v) is 4.79. The number of aliphatic carboxylic acids is 1. The summed E-state index contributed by atoms with van der Waals surface area (Å²) in [5, 5.41) is 12.2. The normalized spacial score (nSPS) is 14.7. The van der Waals surface area contributed by atoms with Crippen LogP contribution in [0.5, 0.6) is 0 Å². The molecule has 8 nitrogen and oxygen atoms in total. The number of carbonyl (C=O) groups is 2. The van der Waals surface area contributed by atoms with Crippen molar-refractivity contribution in [3.63, 3.8) is 0 Å². The minimum atomic E-state index is -1.15. The number of para-hydroxylation sites is 1. The molecule has 1 aromatic heterocycles. The number of rotatable bonds is 7. The van der Waals surface area contributed by atoms with Crippen molar-refractivity contribution in [1.82, 2.24) is 14.9 Å². The van der Waals surface area contributed by atoms with Gasteiger partial charge in [-0.25, -0.2) is 14.2 Å². The average Bonchev–Trinajstić information content (AvgIpc) is 2.61. The van der Waals surface area contributed by atoms with Crippen molar-refractivity contribution in [2.24, 2.45) is 11.8 Å². The zero-order chi connectivity index (χ0) is 20.3. The van der Waals surface area contributed by atoms with E-state index >= 15 is 0 Å². The van der Waals surface area contributed by atoms with E-state index in [4.69, 9.17) is 0 Å². The molecule has 0 radical (unpaired) electrons. The average molecular weight is 375 g/mol. The van der Waals surface area contributed by atoms with E-state index in [-0.39, 0.29) is 11.3 Å². The molecule has 0 saturated carbocycles. The van der Waals surface area contributed by atoms with Crippen LogP contribution in [-0.2, 0) is 9.59 Å². The molecule has 1 aromatic carbocycles. The largest absolute Gasteiger partial charge is 0.480 e. The number of carbonyl (C=O) groups excluding carboxylic acids is 1. The number of hydrogen-bond donors (Lipinski definition) is 3. The molecule has 0 fully saturated rings. The van der Waals surface area contributed by atoms with Crippen molar-refractivity contribution in [1.29, 1.82) is 0 Å². The quantitative estimate of drug-likeness (QED) is 0.677. The molecule has 0 unspecified atom stereocenters. The Morgan fingerprint density at radius 1 is 1.19 bits per heavy atom. The van der Waals surface area contributed by atoms with Crippen LogP contribution in [-0.4, -0.2) is 32.6 Å². The molecular weight excluding hydrogens is 350 g/mol. The van der Waals surface area contributed by atoms with Crippen LogP contribution in [0.1, 0.15) is 40.2 Å². The van der Waals surface area contributed by atoms with E-state index in [1.807, 2.05) is 6.92 Å². The fraction of sp³-hybridized carbons (Fsp3) is 0.474. The van der Waals surface area contributed by atoms with E-state index < -0.39 is 41.1 Å². The number of carboxylic acid groups (broad SMARTS) is 1. The number of amides is 1. The molecule has 0 aliphatic carbocycles. The Bertz CT molecular complexity index is 960. The highest BCUT2D eigenvalue weighted by Gasteiger charge is 2.33. The third kappa shape index (κ3) is 4.10. The van der Waals surface area contributed by atoms with Crippen molar-refractivity contribution in [3.05, 3.63) is 45.1 Å². The Balaban J connectivity index is 2.54. The van der Waals surface area contributed by atoms with E-state index in [2.05, 4.69) is 10.3 Å². The number of aromatic amines is 1. The molecule has 0 bridgehead atoms. The Morgan fingerprint density at radius 3 is 2.37 bits per heavy atom. The first-order valence-electron chi connectivity index (χ1n) is 8.95. The first kappa shape index (κ1) is 20.4. The van der Waals surface area contributed by atoms with Gasteiger partial charge < -0.3 is 15.4 Å². The summed E-state index contributed by atoms with van der Waals surface area (Å²) in [6.45, 7) is 6.94. The molecular formula is C19H25N3O5. The van der Waals surface area contributed by atoms with Gasteiger partial charge in [0.15, 0.2) is 0 Å². The lowest BCUT2D eigenvalue weighted by Gasteiger charge is -2.26. The molecule has 27 heavy (non-hydrogen) atoms. The van der Waals surface area contributed by atoms with Crippen LogP contribution in [0.2, 0.25) is 0 Å². The van der Waals surface area contributed by atoms with Crippen molar-refractivity contribution >= 4 is 22.8 Å². The highest BCUT2D eigenvalue weighted by molar-refractivity contribution is 5.86. The van der Waals surface area contributed by atoms with Crippen LogP contribution < -0.4 is 16.6 Å². The molecule has 3 atom stereocenters. The van der Waals surface area contributed by atoms with Crippen LogP contribution in [0.4, 0.5) is 0 Å². The van der Waals surface area contributed by atoms with Gasteiger partial charge in [-0.2, -0.15) is 0 Å². The van der Waals surface area contributed by atoms with Gasteiger partial charge in [-0.15, -0.1) is 0 Å². The Hall–Kier alpha value is -2.90. The third-order valence-electron chi connectivity index (χ3n) is 4.79. The van der Waals surface area contributed by atoms with Gasteiger partial charge in [0, 0.05) is 0 Å². The van der Waals surface area contributed by atoms with Crippen LogP contribution in [0.25, 0.3) is 10.9 Å². The minimum Gasteiger partial charge on any atom is -0.480 e. The van der Waals surface area contributed by atoms with Gasteiger partial charge in [0.2, 0.25) is 5.91 Å². The lowest BCUT2D eigenvalue weighted by atomic mass is 9.97. The van der Waals surface area contributed by atoms with Crippen LogP contribution in [0, 0.1) is 11.8 Å². The van der Waals surface area contributed by atoms with Crippen molar-refractivity contribution < 1.29 is 14.7 Å². The van der Waals surface area contributed by atoms with Crippen LogP contribution >= 0.6 is 0 Å². The zero-order valence-electron chi connectivity index (χ0n) is 15.9. The summed E-state index contributed by atoms with van der Waals surface area (Å²) in [6.07, 6.45) is 0.556. The minimum absolute atomic E-state index is 0.285. The highest BCUT2D eigenvalue weighted by Crippen LogP contribution is 2.17. The maximum atomic E-state index is 12.9. The number of hydrogen-bond acceptors (Lipinski definition) is 4. The van der Waals surface area contributed by atoms with E-state index in [1.54, 1.807) is 45.0 Å². The molecule has 2 aromatic rings. The molecule has 1 amide bonds. The molecule has 0 aliphatic heterocycles. The Morgan fingerprint density at radius 2 is 1.81 bits per heavy atom. The number of fused-ring (bicyclic) bond motifs is 1. The summed E-state index contributed by atoms with van der Waals surface area (Å²) in [7, 11) is 0. The predicted octanol–water partition coefficient (Wildman–Crippen LogP) is 1.50. The summed E-state index contributed by atoms with van der Waals surface area (Å²) in [5.74, 6) is -2.53. The molecule has 146 valence electrons. The predicted molar refractivity (Wildman–Crippen MR) is 102 cm³/mol. The van der Waals surface area contributed by atoms with E-state index in [1.165, 1.54) is 0 Å².